The second kappa shape index (κ2) is 8.10. The second-order valence-electron chi connectivity index (χ2n) is 5.86. The number of alkyl carbamates (subject to hydrolysis) is 1. The number of nitrogens with zero attached hydrogens (tertiary/aromatic N) is 1. The minimum absolute atomic E-state index is 0.212. The molecule has 0 aliphatic heterocycles. The standard InChI is InChI=1S/C15H26N2O4/c1-20-15(19)17(13-8-4-5-9-13)10-11-21-14(18)16-12-6-2-3-7-12/h12-13H,2-11H2,1H3,(H,16,18). The molecule has 21 heavy (non-hydrogen) atoms. The molecule has 0 aromatic heterocycles. The molecule has 2 aliphatic carbocycles. The van der Waals surface area contributed by atoms with Crippen molar-refractivity contribution < 1.29 is 19.1 Å². The zero-order chi connectivity index (χ0) is 15.1. The lowest BCUT2D eigenvalue weighted by atomic mass is 10.2. The second-order valence-corrected chi connectivity index (χ2v) is 5.86. The van der Waals surface area contributed by atoms with Crippen LogP contribution in [-0.2, 0) is 9.47 Å². The van der Waals surface area contributed by atoms with Crippen molar-refractivity contribution >= 4 is 12.2 Å². The summed E-state index contributed by atoms with van der Waals surface area (Å²) in [4.78, 5) is 25.2. The van der Waals surface area contributed by atoms with E-state index < -0.39 is 0 Å². The van der Waals surface area contributed by atoms with Crippen LogP contribution in [0.15, 0.2) is 0 Å². The van der Waals surface area contributed by atoms with Crippen LogP contribution >= 0.6 is 0 Å². The third-order valence-corrected chi connectivity index (χ3v) is 4.42. The highest BCUT2D eigenvalue weighted by atomic mass is 16.6. The molecule has 0 saturated heterocycles. The van der Waals surface area contributed by atoms with Crippen LogP contribution in [0.5, 0.6) is 0 Å². The van der Waals surface area contributed by atoms with Crippen molar-refractivity contribution in [1.29, 1.82) is 0 Å². The zero-order valence-corrected chi connectivity index (χ0v) is 12.8. The summed E-state index contributed by atoms with van der Waals surface area (Å²) in [6.45, 7) is 0.611. The summed E-state index contributed by atoms with van der Waals surface area (Å²) in [5.74, 6) is 0. The molecule has 0 atom stereocenters. The summed E-state index contributed by atoms with van der Waals surface area (Å²) >= 11 is 0. The number of amides is 2. The largest absolute Gasteiger partial charge is 0.453 e. The fourth-order valence-electron chi connectivity index (χ4n) is 3.27. The highest BCUT2D eigenvalue weighted by Crippen LogP contribution is 2.23. The molecule has 2 aliphatic rings. The quantitative estimate of drug-likeness (QED) is 0.847. The summed E-state index contributed by atoms with van der Waals surface area (Å²) in [6, 6.07) is 0.475. The fourth-order valence-corrected chi connectivity index (χ4v) is 3.27. The number of ether oxygens (including phenoxy) is 2. The lowest BCUT2D eigenvalue weighted by molar-refractivity contribution is 0.0838. The lowest BCUT2D eigenvalue weighted by Crippen LogP contribution is -2.42. The van der Waals surface area contributed by atoms with E-state index in [2.05, 4.69) is 5.32 Å². The van der Waals surface area contributed by atoms with E-state index in [1.807, 2.05) is 0 Å². The number of methoxy groups -OCH3 is 1. The summed E-state index contributed by atoms with van der Waals surface area (Å²) in [7, 11) is 1.39. The molecule has 0 aromatic rings. The lowest BCUT2D eigenvalue weighted by Gasteiger charge is -2.27. The van der Waals surface area contributed by atoms with Gasteiger partial charge in [0, 0.05) is 12.1 Å². The Morgan fingerprint density at radius 2 is 1.71 bits per heavy atom. The zero-order valence-electron chi connectivity index (χ0n) is 12.8. The Kier molecular flexibility index (Phi) is 6.14. The average molecular weight is 298 g/mol. The van der Waals surface area contributed by atoms with E-state index in [-0.39, 0.29) is 30.9 Å². The molecule has 0 spiro atoms. The molecule has 1 N–H and O–H groups in total. The SMILES string of the molecule is COC(=O)N(CCOC(=O)NC1CCCC1)C1CCCC1. The Balaban J connectivity index is 1.70. The topological polar surface area (TPSA) is 67.9 Å². The maximum Gasteiger partial charge on any atom is 0.409 e. The van der Waals surface area contributed by atoms with Gasteiger partial charge in [-0.2, -0.15) is 0 Å². The van der Waals surface area contributed by atoms with Crippen molar-refractivity contribution in [3.8, 4) is 0 Å². The summed E-state index contributed by atoms with van der Waals surface area (Å²) in [6.07, 6.45) is 7.98. The molecule has 2 rings (SSSR count). The Morgan fingerprint density at radius 3 is 2.33 bits per heavy atom. The van der Waals surface area contributed by atoms with Gasteiger partial charge in [0.15, 0.2) is 0 Å². The molecule has 6 heteroatoms. The van der Waals surface area contributed by atoms with Crippen LogP contribution in [0.1, 0.15) is 51.4 Å². The van der Waals surface area contributed by atoms with Gasteiger partial charge in [-0.1, -0.05) is 25.7 Å². The van der Waals surface area contributed by atoms with Crippen molar-refractivity contribution in [3.05, 3.63) is 0 Å². The minimum Gasteiger partial charge on any atom is -0.453 e. The van der Waals surface area contributed by atoms with Gasteiger partial charge < -0.3 is 19.7 Å². The normalized spacial score (nSPS) is 19.5. The van der Waals surface area contributed by atoms with Crippen LogP contribution < -0.4 is 5.32 Å². The van der Waals surface area contributed by atoms with Crippen LogP contribution in [0.2, 0.25) is 0 Å². The molecule has 2 fully saturated rings. The van der Waals surface area contributed by atoms with Crippen LogP contribution in [0.25, 0.3) is 0 Å². The van der Waals surface area contributed by atoms with Gasteiger partial charge in [0.25, 0.3) is 0 Å². The number of carbonyl (C=O) groups excluding carboxylic acids is 2. The third-order valence-electron chi connectivity index (χ3n) is 4.42. The van der Waals surface area contributed by atoms with E-state index in [1.165, 1.54) is 20.0 Å². The average Bonchev–Trinajstić information content (AvgIpc) is 3.16. The Labute approximate surface area is 126 Å². The molecule has 0 bridgehead atoms. The molecular weight excluding hydrogens is 272 g/mol. The molecule has 0 unspecified atom stereocenters. The van der Waals surface area contributed by atoms with Gasteiger partial charge in [0.05, 0.1) is 13.7 Å². The van der Waals surface area contributed by atoms with E-state index in [0.29, 0.717) is 6.54 Å². The number of carbonyl (C=O) groups is 2. The van der Waals surface area contributed by atoms with Gasteiger partial charge in [-0.15, -0.1) is 0 Å². The van der Waals surface area contributed by atoms with Crippen molar-refractivity contribution in [2.24, 2.45) is 0 Å². The molecule has 6 nitrogen and oxygen atoms in total. The first-order chi connectivity index (χ1) is 10.2. The third kappa shape index (κ3) is 4.79. The first-order valence-electron chi connectivity index (χ1n) is 7.98. The first-order valence-corrected chi connectivity index (χ1v) is 7.98. The highest BCUT2D eigenvalue weighted by molar-refractivity contribution is 5.68. The van der Waals surface area contributed by atoms with E-state index in [9.17, 15) is 9.59 Å². The van der Waals surface area contributed by atoms with Crippen LogP contribution in [0.3, 0.4) is 0 Å². The van der Waals surface area contributed by atoms with Gasteiger partial charge in [-0.3, -0.25) is 0 Å². The van der Waals surface area contributed by atoms with E-state index in [0.717, 1.165) is 38.5 Å². The summed E-state index contributed by atoms with van der Waals surface area (Å²) < 4.78 is 10.0. The predicted molar refractivity (Wildman–Crippen MR) is 78.1 cm³/mol. The number of hydrogen-bond donors (Lipinski definition) is 1. The van der Waals surface area contributed by atoms with Gasteiger partial charge in [0.1, 0.15) is 6.61 Å². The first kappa shape index (κ1) is 15.9. The number of nitrogens with one attached hydrogen (secondary N) is 1. The van der Waals surface area contributed by atoms with Gasteiger partial charge in [-0.05, 0) is 25.7 Å². The van der Waals surface area contributed by atoms with E-state index >= 15 is 0 Å². The molecule has 0 heterocycles. The summed E-state index contributed by atoms with van der Waals surface area (Å²) in [5, 5.41) is 2.87. The van der Waals surface area contributed by atoms with E-state index in [1.54, 1.807) is 4.90 Å². The minimum atomic E-state index is -0.377. The highest BCUT2D eigenvalue weighted by Gasteiger charge is 2.27. The molecule has 0 aromatic carbocycles. The number of rotatable bonds is 5. The van der Waals surface area contributed by atoms with Crippen LogP contribution in [0, 0.1) is 0 Å². The van der Waals surface area contributed by atoms with Crippen LogP contribution in [-0.4, -0.2) is 49.4 Å². The molecule has 2 amide bonds. The molecule has 120 valence electrons. The maximum absolute atomic E-state index is 11.8. The Morgan fingerprint density at radius 1 is 1.10 bits per heavy atom. The van der Waals surface area contributed by atoms with Crippen molar-refractivity contribution in [2.75, 3.05) is 20.3 Å². The molecule has 0 radical (unpaired) electrons. The van der Waals surface area contributed by atoms with Gasteiger partial charge in [-0.25, -0.2) is 9.59 Å². The van der Waals surface area contributed by atoms with Gasteiger partial charge in [0.2, 0.25) is 0 Å². The van der Waals surface area contributed by atoms with Crippen molar-refractivity contribution in [2.45, 2.75) is 63.5 Å². The molecule has 2 saturated carbocycles. The van der Waals surface area contributed by atoms with Crippen LogP contribution in [0.4, 0.5) is 9.59 Å². The smallest absolute Gasteiger partial charge is 0.409 e. The predicted octanol–water partition coefficient (Wildman–Crippen LogP) is 2.67. The summed E-state index contributed by atoms with van der Waals surface area (Å²) in [5.41, 5.74) is 0. The monoisotopic (exact) mass is 298 g/mol. The maximum atomic E-state index is 11.8. The Hall–Kier alpha value is -1.46. The Bertz CT molecular complexity index is 350. The van der Waals surface area contributed by atoms with E-state index in [4.69, 9.17) is 9.47 Å². The van der Waals surface area contributed by atoms with Crippen molar-refractivity contribution in [1.82, 2.24) is 10.2 Å². The van der Waals surface area contributed by atoms with Gasteiger partial charge >= 0.3 is 12.2 Å². The fraction of sp³-hybridized carbons (Fsp3) is 0.867. The molecular formula is C15H26N2O4. The van der Waals surface area contributed by atoms with Crippen molar-refractivity contribution in [3.63, 3.8) is 0 Å². The number of hydrogen-bond acceptors (Lipinski definition) is 4.